The van der Waals surface area contributed by atoms with E-state index in [0.717, 1.165) is 0 Å². The number of aromatic nitrogens is 3. The average Bonchev–Trinajstić information content (AvgIpc) is 2.86. The quantitative estimate of drug-likeness (QED) is 0.939. The van der Waals surface area contributed by atoms with E-state index in [9.17, 15) is 13.2 Å². The summed E-state index contributed by atoms with van der Waals surface area (Å²) in [6.07, 6.45) is -0.0921. The molecule has 1 unspecified atom stereocenters. The van der Waals surface area contributed by atoms with Gasteiger partial charge in [-0.25, -0.2) is 15.0 Å². The predicted molar refractivity (Wildman–Crippen MR) is 64.7 cm³/mol. The Morgan fingerprint density at radius 2 is 1.95 bits per heavy atom. The fraction of sp³-hybridized carbons (Fsp3) is 0.364. The lowest BCUT2D eigenvalue weighted by Crippen LogP contribution is -2.23. The van der Waals surface area contributed by atoms with Crippen molar-refractivity contribution in [2.24, 2.45) is 0 Å². The van der Waals surface area contributed by atoms with Gasteiger partial charge in [-0.3, -0.25) is 0 Å². The van der Waals surface area contributed by atoms with Crippen molar-refractivity contribution in [2.45, 2.75) is 19.1 Å². The molecule has 0 aliphatic carbocycles. The van der Waals surface area contributed by atoms with E-state index < -0.39 is 17.2 Å². The number of rotatable bonds is 4. The zero-order chi connectivity index (χ0) is 13.9. The second kappa shape index (κ2) is 5.62. The predicted octanol–water partition coefficient (Wildman–Crippen LogP) is 2.65. The molecule has 0 amide bonds. The summed E-state index contributed by atoms with van der Waals surface area (Å²) in [5, 5.41) is 2.20. The van der Waals surface area contributed by atoms with Crippen LogP contribution in [0.15, 0.2) is 24.7 Å². The Balaban J connectivity index is 2.32. The molecule has 2 rings (SSSR count). The molecule has 0 bridgehead atoms. The molecule has 0 saturated carbocycles. The van der Waals surface area contributed by atoms with E-state index >= 15 is 0 Å². The van der Waals surface area contributed by atoms with Gasteiger partial charge in [-0.15, -0.1) is 11.3 Å². The first-order valence-electron chi connectivity index (χ1n) is 5.55. The Bertz CT molecular complexity index is 526. The Labute approximate surface area is 111 Å². The summed E-state index contributed by atoms with van der Waals surface area (Å²) in [6.45, 7) is 2.45. The van der Waals surface area contributed by atoms with Crippen LogP contribution in [0, 0.1) is 0 Å². The molecule has 19 heavy (non-hydrogen) atoms. The van der Waals surface area contributed by atoms with Crippen molar-refractivity contribution in [3.05, 3.63) is 40.4 Å². The number of thiazole rings is 1. The van der Waals surface area contributed by atoms with E-state index in [1.807, 2.05) is 6.92 Å². The second-order valence-electron chi connectivity index (χ2n) is 3.66. The third kappa shape index (κ3) is 3.27. The van der Waals surface area contributed by atoms with Gasteiger partial charge in [0.15, 0.2) is 10.8 Å². The van der Waals surface area contributed by atoms with Gasteiger partial charge in [-0.2, -0.15) is 13.2 Å². The monoisotopic (exact) mass is 288 g/mol. The lowest BCUT2D eigenvalue weighted by molar-refractivity contribution is -0.137. The van der Waals surface area contributed by atoms with Gasteiger partial charge < -0.3 is 5.32 Å². The van der Waals surface area contributed by atoms with Gasteiger partial charge >= 0.3 is 6.18 Å². The molecule has 2 aromatic rings. The third-order valence-corrected chi connectivity index (χ3v) is 3.41. The molecule has 0 aliphatic rings. The van der Waals surface area contributed by atoms with Crippen molar-refractivity contribution in [1.29, 1.82) is 0 Å². The second-order valence-corrected chi connectivity index (χ2v) is 4.73. The molecule has 0 aromatic carbocycles. The van der Waals surface area contributed by atoms with Crippen LogP contribution in [0.1, 0.15) is 28.7 Å². The van der Waals surface area contributed by atoms with Crippen LogP contribution in [0.3, 0.4) is 0 Å². The lowest BCUT2D eigenvalue weighted by Gasteiger charge is -2.13. The molecular weight excluding hydrogens is 277 g/mol. The van der Waals surface area contributed by atoms with Crippen LogP contribution in [0.5, 0.6) is 0 Å². The topological polar surface area (TPSA) is 50.7 Å². The zero-order valence-corrected chi connectivity index (χ0v) is 10.8. The highest BCUT2D eigenvalue weighted by atomic mass is 32.1. The summed E-state index contributed by atoms with van der Waals surface area (Å²) >= 11 is 0.604. The summed E-state index contributed by atoms with van der Waals surface area (Å²) in [7, 11) is 0. The van der Waals surface area contributed by atoms with E-state index in [0.29, 0.717) is 28.6 Å². The largest absolute Gasteiger partial charge is 0.443 e. The highest BCUT2D eigenvalue weighted by molar-refractivity contribution is 7.11. The van der Waals surface area contributed by atoms with E-state index in [2.05, 4.69) is 20.3 Å². The van der Waals surface area contributed by atoms with Crippen molar-refractivity contribution in [2.75, 3.05) is 6.54 Å². The number of hydrogen-bond acceptors (Lipinski definition) is 5. The summed E-state index contributed by atoms with van der Waals surface area (Å²) in [6, 6.07) is 1.18. The molecule has 0 spiro atoms. The van der Waals surface area contributed by atoms with Gasteiger partial charge in [0.2, 0.25) is 0 Å². The van der Waals surface area contributed by atoms with E-state index in [4.69, 9.17) is 0 Å². The summed E-state index contributed by atoms with van der Waals surface area (Å²) in [5.74, 6) is 0.432. The molecule has 1 atom stereocenters. The summed E-state index contributed by atoms with van der Waals surface area (Å²) in [5.41, 5.74) is 0. The van der Waals surface area contributed by atoms with Crippen molar-refractivity contribution < 1.29 is 13.2 Å². The smallest absolute Gasteiger partial charge is 0.303 e. The zero-order valence-electron chi connectivity index (χ0n) is 9.98. The Morgan fingerprint density at radius 3 is 2.47 bits per heavy atom. The Morgan fingerprint density at radius 1 is 1.26 bits per heavy atom. The molecule has 4 nitrogen and oxygen atoms in total. The third-order valence-electron chi connectivity index (χ3n) is 2.30. The van der Waals surface area contributed by atoms with Crippen LogP contribution in [0.4, 0.5) is 13.2 Å². The van der Waals surface area contributed by atoms with Gasteiger partial charge in [-0.1, -0.05) is 6.92 Å². The molecular formula is C11H11F3N4S. The highest BCUT2D eigenvalue weighted by Crippen LogP contribution is 2.35. The number of halogens is 3. The van der Waals surface area contributed by atoms with E-state index in [1.54, 1.807) is 18.5 Å². The molecule has 8 heteroatoms. The van der Waals surface area contributed by atoms with Crippen molar-refractivity contribution in [3.8, 4) is 0 Å². The van der Waals surface area contributed by atoms with Crippen LogP contribution in [0.25, 0.3) is 0 Å². The van der Waals surface area contributed by atoms with Gasteiger partial charge in [0.05, 0.1) is 0 Å². The molecule has 102 valence electrons. The van der Waals surface area contributed by atoms with E-state index in [-0.39, 0.29) is 0 Å². The van der Waals surface area contributed by atoms with Gasteiger partial charge in [0.1, 0.15) is 6.04 Å². The van der Waals surface area contributed by atoms with Gasteiger partial charge in [-0.05, 0) is 12.6 Å². The van der Waals surface area contributed by atoms with Crippen molar-refractivity contribution >= 4 is 11.3 Å². The first kappa shape index (κ1) is 13.9. The number of nitrogens with zero attached hydrogens (tertiary/aromatic N) is 3. The maximum absolute atomic E-state index is 12.5. The van der Waals surface area contributed by atoms with Crippen LogP contribution in [-0.4, -0.2) is 21.5 Å². The molecule has 0 aliphatic heterocycles. The fourth-order valence-electron chi connectivity index (χ4n) is 1.53. The van der Waals surface area contributed by atoms with Crippen molar-refractivity contribution in [3.63, 3.8) is 0 Å². The molecule has 0 saturated heterocycles. The average molecular weight is 288 g/mol. The van der Waals surface area contributed by atoms with E-state index in [1.165, 1.54) is 6.20 Å². The van der Waals surface area contributed by atoms with Crippen molar-refractivity contribution in [1.82, 2.24) is 20.3 Å². The number of hydrogen-bond donors (Lipinski definition) is 1. The van der Waals surface area contributed by atoms with Crippen LogP contribution in [0.2, 0.25) is 0 Å². The highest BCUT2D eigenvalue weighted by Gasteiger charge is 2.35. The number of alkyl halides is 3. The molecule has 0 radical (unpaired) electrons. The molecule has 2 heterocycles. The minimum Gasteiger partial charge on any atom is -0.303 e. The normalized spacial score (nSPS) is 13.5. The minimum atomic E-state index is -4.42. The standard InChI is InChI=1S/C11H11F3N4S/c1-2-15-8(9-16-4-3-5-17-9)7-6-18-10(19-7)11(12,13)14/h3-6,8,15H,2H2,1H3. The lowest BCUT2D eigenvalue weighted by atomic mass is 10.2. The Kier molecular flexibility index (Phi) is 4.11. The summed E-state index contributed by atoms with van der Waals surface area (Å²) < 4.78 is 37.6. The maximum atomic E-state index is 12.5. The fourth-order valence-corrected chi connectivity index (χ4v) is 2.39. The molecule has 0 fully saturated rings. The first-order valence-corrected chi connectivity index (χ1v) is 6.37. The molecule has 1 N–H and O–H groups in total. The summed E-state index contributed by atoms with van der Waals surface area (Å²) in [4.78, 5) is 12.0. The number of nitrogens with one attached hydrogen (secondary N) is 1. The minimum absolute atomic E-state index is 0.432. The van der Waals surface area contributed by atoms with Crippen LogP contribution < -0.4 is 5.32 Å². The van der Waals surface area contributed by atoms with Gasteiger partial charge in [0.25, 0.3) is 0 Å². The Hall–Kier alpha value is -1.54. The van der Waals surface area contributed by atoms with Gasteiger partial charge in [0, 0.05) is 23.5 Å². The maximum Gasteiger partial charge on any atom is 0.443 e. The molecule has 2 aromatic heterocycles. The SMILES string of the molecule is CCNC(c1ncccn1)c1cnc(C(F)(F)F)s1. The first-order chi connectivity index (χ1) is 9.02. The van der Waals surface area contributed by atoms with Crippen LogP contribution in [-0.2, 0) is 6.18 Å². The van der Waals surface area contributed by atoms with Crippen LogP contribution >= 0.6 is 11.3 Å².